The van der Waals surface area contributed by atoms with Gasteiger partial charge in [-0.05, 0) is 46.1 Å². The van der Waals surface area contributed by atoms with E-state index in [0.717, 1.165) is 11.1 Å². The molecular weight excluding hydrogens is 462 g/mol. The summed E-state index contributed by atoms with van der Waals surface area (Å²) in [5.41, 5.74) is 1.16. The predicted octanol–water partition coefficient (Wildman–Crippen LogP) is 2.76. The van der Waals surface area contributed by atoms with Crippen LogP contribution in [0.5, 0.6) is 5.75 Å². The first-order chi connectivity index (χ1) is 16.0. The van der Waals surface area contributed by atoms with E-state index in [2.05, 4.69) is 5.32 Å². The van der Waals surface area contributed by atoms with Crippen molar-refractivity contribution in [3.8, 4) is 5.75 Å². The first kappa shape index (κ1) is 23.0. The highest BCUT2D eigenvalue weighted by Crippen LogP contribution is 2.52. The van der Waals surface area contributed by atoms with E-state index in [1.807, 2.05) is 20.8 Å². The van der Waals surface area contributed by atoms with Crippen LogP contribution in [0.2, 0.25) is 5.02 Å². The lowest BCUT2D eigenvalue weighted by atomic mass is 9.74. The maximum Gasteiger partial charge on any atom is 0.410 e. The molecule has 1 aromatic carbocycles. The van der Waals surface area contributed by atoms with Crippen molar-refractivity contribution < 1.29 is 28.7 Å². The van der Waals surface area contributed by atoms with E-state index in [-0.39, 0.29) is 36.3 Å². The first-order valence-electron chi connectivity index (χ1n) is 11.6. The van der Waals surface area contributed by atoms with Crippen molar-refractivity contribution in [3.63, 3.8) is 0 Å². The van der Waals surface area contributed by atoms with Gasteiger partial charge < -0.3 is 19.3 Å². The Balaban J connectivity index is 1.38. The predicted molar refractivity (Wildman–Crippen MR) is 122 cm³/mol. The van der Waals surface area contributed by atoms with Crippen LogP contribution in [0.3, 0.4) is 0 Å². The Labute approximate surface area is 202 Å². The molecule has 5 rings (SSSR count). The third kappa shape index (κ3) is 3.70. The summed E-state index contributed by atoms with van der Waals surface area (Å²) in [5.74, 6) is -0.431. The number of hydrogen-bond donors (Lipinski definition) is 1. The Morgan fingerprint density at radius 1 is 1.24 bits per heavy atom. The minimum absolute atomic E-state index is 0.198. The first-order valence-corrected chi connectivity index (χ1v) is 12.0. The molecule has 0 radical (unpaired) electrons. The Hall–Kier alpha value is -2.81. The summed E-state index contributed by atoms with van der Waals surface area (Å²) in [7, 11) is 0. The number of nitrogens with zero attached hydrogens (tertiary/aromatic N) is 2. The molecule has 0 aliphatic carbocycles. The fraction of sp³-hybridized carbons (Fsp3) is 0.583. The summed E-state index contributed by atoms with van der Waals surface area (Å²) >= 11 is 6.73. The van der Waals surface area contributed by atoms with E-state index < -0.39 is 17.6 Å². The van der Waals surface area contributed by atoms with E-state index in [1.54, 1.807) is 11.0 Å². The second-order valence-corrected chi connectivity index (χ2v) is 10.9. The minimum atomic E-state index is -0.695. The largest absolute Gasteiger partial charge is 0.492 e. The number of amides is 4. The zero-order chi connectivity index (χ0) is 24.4. The molecule has 1 aromatic rings. The second-order valence-electron chi connectivity index (χ2n) is 10.5. The summed E-state index contributed by atoms with van der Waals surface area (Å²) in [6, 6.07) is 0.986. The monoisotopic (exact) mass is 489 g/mol. The minimum Gasteiger partial charge on any atom is -0.492 e. The summed E-state index contributed by atoms with van der Waals surface area (Å²) < 4.78 is 11.7. The molecule has 2 saturated heterocycles. The van der Waals surface area contributed by atoms with Crippen LogP contribution in [0.25, 0.3) is 0 Å². The van der Waals surface area contributed by atoms with Crippen molar-refractivity contribution in [3.05, 3.63) is 27.8 Å². The third-order valence-electron chi connectivity index (χ3n) is 7.14. The highest BCUT2D eigenvalue weighted by Gasteiger charge is 2.49. The number of hydrogen-bond acceptors (Lipinski definition) is 6. The Morgan fingerprint density at radius 2 is 1.94 bits per heavy atom. The van der Waals surface area contributed by atoms with Crippen LogP contribution in [0.4, 0.5) is 4.79 Å². The van der Waals surface area contributed by atoms with Crippen LogP contribution in [0, 0.1) is 0 Å². The quantitative estimate of drug-likeness (QED) is 0.608. The van der Waals surface area contributed by atoms with Gasteiger partial charge in [0.25, 0.3) is 5.91 Å². The number of halogens is 1. The molecular formula is C24H28ClN3O6. The van der Waals surface area contributed by atoms with Gasteiger partial charge in [-0.15, -0.1) is 0 Å². The normalized spacial score (nSPS) is 23.5. The van der Waals surface area contributed by atoms with Crippen molar-refractivity contribution >= 4 is 35.4 Å². The molecule has 4 aliphatic heterocycles. The van der Waals surface area contributed by atoms with Gasteiger partial charge in [-0.2, -0.15) is 0 Å². The van der Waals surface area contributed by atoms with Crippen LogP contribution in [-0.2, 0) is 26.3 Å². The summed E-state index contributed by atoms with van der Waals surface area (Å²) in [6.07, 6.45) is 1.51. The van der Waals surface area contributed by atoms with Gasteiger partial charge in [0, 0.05) is 46.6 Å². The lowest BCUT2D eigenvalue weighted by Gasteiger charge is -2.39. The van der Waals surface area contributed by atoms with Crippen LogP contribution >= 0.6 is 11.6 Å². The number of carbonyl (C=O) groups is 4. The van der Waals surface area contributed by atoms with Gasteiger partial charge in [0.15, 0.2) is 0 Å². The van der Waals surface area contributed by atoms with Crippen molar-refractivity contribution in [2.45, 2.75) is 70.1 Å². The lowest BCUT2D eigenvalue weighted by Crippen LogP contribution is -2.52. The van der Waals surface area contributed by atoms with Crippen molar-refractivity contribution in [1.29, 1.82) is 0 Å². The maximum atomic E-state index is 13.2. The Bertz CT molecular complexity index is 1100. The third-order valence-corrected chi connectivity index (χ3v) is 7.44. The highest BCUT2D eigenvalue weighted by molar-refractivity contribution is 6.32. The molecule has 1 atom stereocenters. The van der Waals surface area contributed by atoms with E-state index >= 15 is 0 Å². The van der Waals surface area contributed by atoms with Crippen LogP contribution in [0.1, 0.15) is 67.9 Å². The Kier molecular flexibility index (Phi) is 5.31. The zero-order valence-electron chi connectivity index (χ0n) is 19.5. The molecule has 182 valence electrons. The molecule has 34 heavy (non-hydrogen) atoms. The second kappa shape index (κ2) is 7.86. The fourth-order valence-electron chi connectivity index (χ4n) is 5.42. The molecule has 2 fully saturated rings. The fourth-order valence-corrected chi connectivity index (χ4v) is 5.81. The molecule has 0 aromatic heterocycles. The van der Waals surface area contributed by atoms with Gasteiger partial charge in [-0.1, -0.05) is 11.6 Å². The Morgan fingerprint density at radius 3 is 2.59 bits per heavy atom. The van der Waals surface area contributed by atoms with Crippen LogP contribution < -0.4 is 10.1 Å². The SMILES string of the molecule is CC(C)(C)OC(=O)N1CCC2(CC1)COc1c3c(cc(Cl)c12)C(=O)N([C@H]1CCC(=O)NC1=O)C3. The molecule has 4 amide bonds. The van der Waals surface area contributed by atoms with Gasteiger partial charge in [0.2, 0.25) is 11.8 Å². The molecule has 1 spiro atoms. The molecule has 4 aliphatic rings. The number of fused-ring (bicyclic) bond motifs is 4. The molecule has 4 heterocycles. The number of ether oxygens (including phenoxy) is 2. The smallest absolute Gasteiger partial charge is 0.410 e. The molecule has 9 nitrogen and oxygen atoms in total. The van der Waals surface area contributed by atoms with Crippen molar-refractivity contribution in [2.24, 2.45) is 0 Å². The summed E-state index contributed by atoms with van der Waals surface area (Å²) in [4.78, 5) is 52.8. The number of imide groups is 1. The molecule has 10 heteroatoms. The van der Waals surface area contributed by atoms with E-state index in [0.29, 0.717) is 55.3 Å². The average Bonchev–Trinajstić information content (AvgIpc) is 3.27. The van der Waals surface area contributed by atoms with Gasteiger partial charge >= 0.3 is 6.09 Å². The molecule has 1 N–H and O–H groups in total. The van der Waals surface area contributed by atoms with E-state index in [1.165, 1.54) is 4.90 Å². The van der Waals surface area contributed by atoms with Gasteiger partial charge in [-0.25, -0.2) is 4.79 Å². The molecule has 0 unspecified atom stereocenters. The highest BCUT2D eigenvalue weighted by atomic mass is 35.5. The van der Waals surface area contributed by atoms with E-state index in [9.17, 15) is 19.2 Å². The number of benzene rings is 1. The van der Waals surface area contributed by atoms with Gasteiger partial charge in [0.1, 0.15) is 17.4 Å². The number of piperidine rings is 2. The average molecular weight is 490 g/mol. The topological polar surface area (TPSA) is 105 Å². The summed E-state index contributed by atoms with van der Waals surface area (Å²) in [5, 5.41) is 2.79. The maximum absolute atomic E-state index is 13.2. The van der Waals surface area contributed by atoms with Crippen molar-refractivity contribution in [1.82, 2.24) is 15.1 Å². The standard InChI is InChI=1S/C24H28ClN3O6/c1-23(2,3)34-22(32)27-8-6-24(7-9-27)12-33-19-14-11-28(16-4-5-17(29)26-20(16)30)21(31)13(14)10-15(25)18(19)24/h10,16H,4-9,11-12H2,1-3H3,(H,26,29,30)/t16-/m0/s1. The number of nitrogens with one attached hydrogen (secondary N) is 1. The number of likely N-dealkylation sites (tertiary alicyclic amines) is 1. The molecule has 0 saturated carbocycles. The van der Waals surface area contributed by atoms with Crippen molar-refractivity contribution in [2.75, 3.05) is 19.7 Å². The van der Waals surface area contributed by atoms with E-state index in [4.69, 9.17) is 21.1 Å². The van der Waals surface area contributed by atoms with Gasteiger partial charge in [-0.3, -0.25) is 19.7 Å². The molecule has 0 bridgehead atoms. The van der Waals surface area contributed by atoms with Gasteiger partial charge in [0.05, 0.1) is 13.2 Å². The number of rotatable bonds is 1. The number of carbonyl (C=O) groups excluding carboxylic acids is 4. The van der Waals surface area contributed by atoms with Crippen LogP contribution in [0.15, 0.2) is 6.07 Å². The zero-order valence-corrected chi connectivity index (χ0v) is 20.3. The lowest BCUT2D eigenvalue weighted by molar-refractivity contribution is -0.136. The summed E-state index contributed by atoms with van der Waals surface area (Å²) in [6.45, 7) is 7.23. The van der Waals surface area contributed by atoms with Crippen LogP contribution in [-0.4, -0.2) is 65.0 Å².